The van der Waals surface area contributed by atoms with Gasteiger partial charge in [0.25, 0.3) is 5.91 Å². The molecule has 24 heavy (non-hydrogen) atoms. The van der Waals surface area contributed by atoms with E-state index in [1.807, 2.05) is 4.90 Å². The van der Waals surface area contributed by atoms with Gasteiger partial charge in [-0.05, 0) is 25.0 Å². The van der Waals surface area contributed by atoms with Crippen LogP contribution >= 0.6 is 0 Å². The highest BCUT2D eigenvalue weighted by Gasteiger charge is 2.29. The minimum Gasteiger partial charge on any atom is -0.505 e. The minimum absolute atomic E-state index is 0.0395. The number of halogens is 2. The standard InChI is InChI=1S/C16H19F2N3O3/c17-11-3-4-12(22)15(18)14(11)16(24)21-7-5-20(6-8-21)9-13(23)19-10-1-2-10/h3-4,10,22H,1-2,5-9H2,(H,19,23). The van der Waals surface area contributed by atoms with Gasteiger partial charge in [0.15, 0.2) is 11.6 Å². The fourth-order valence-electron chi connectivity index (χ4n) is 2.71. The fourth-order valence-corrected chi connectivity index (χ4v) is 2.71. The quantitative estimate of drug-likeness (QED) is 0.847. The third kappa shape index (κ3) is 3.64. The summed E-state index contributed by atoms with van der Waals surface area (Å²) in [5.74, 6) is -3.83. The number of benzene rings is 1. The molecule has 2 aliphatic rings. The number of hydrogen-bond donors (Lipinski definition) is 2. The highest BCUT2D eigenvalue weighted by atomic mass is 19.1. The molecule has 1 saturated heterocycles. The number of phenolic OH excluding ortho intramolecular Hbond substituents is 1. The van der Waals surface area contributed by atoms with Crippen LogP contribution in [-0.4, -0.2) is 65.5 Å². The van der Waals surface area contributed by atoms with Crippen molar-refractivity contribution in [3.63, 3.8) is 0 Å². The Labute approximate surface area is 138 Å². The average molecular weight is 339 g/mol. The zero-order valence-corrected chi connectivity index (χ0v) is 13.1. The van der Waals surface area contributed by atoms with Gasteiger partial charge in [-0.15, -0.1) is 0 Å². The first-order valence-electron chi connectivity index (χ1n) is 7.93. The van der Waals surface area contributed by atoms with Gasteiger partial charge in [-0.3, -0.25) is 14.5 Å². The largest absolute Gasteiger partial charge is 0.505 e. The summed E-state index contributed by atoms with van der Waals surface area (Å²) in [6.45, 7) is 1.69. The summed E-state index contributed by atoms with van der Waals surface area (Å²) >= 11 is 0. The molecule has 1 aromatic rings. The van der Waals surface area contributed by atoms with Crippen molar-refractivity contribution in [2.24, 2.45) is 0 Å². The molecule has 0 bridgehead atoms. The molecule has 2 amide bonds. The molecule has 1 aromatic carbocycles. The number of rotatable bonds is 4. The van der Waals surface area contributed by atoms with Crippen LogP contribution in [0.5, 0.6) is 5.75 Å². The molecule has 1 aliphatic heterocycles. The topological polar surface area (TPSA) is 72.9 Å². The Kier molecular flexibility index (Phi) is 4.66. The Morgan fingerprint density at radius 1 is 1.17 bits per heavy atom. The number of piperazine rings is 1. The number of nitrogens with zero attached hydrogens (tertiary/aromatic N) is 2. The SMILES string of the molecule is O=C(CN1CCN(C(=O)c2c(F)ccc(O)c2F)CC1)NC1CC1. The lowest BCUT2D eigenvalue weighted by atomic mass is 10.1. The maximum Gasteiger partial charge on any atom is 0.260 e. The van der Waals surface area contributed by atoms with Gasteiger partial charge in [0, 0.05) is 32.2 Å². The van der Waals surface area contributed by atoms with Crippen LogP contribution in [0, 0.1) is 11.6 Å². The second kappa shape index (κ2) is 6.72. The van der Waals surface area contributed by atoms with Crippen LogP contribution in [0.2, 0.25) is 0 Å². The predicted octanol–water partition coefficient (Wildman–Crippen LogP) is 0.707. The van der Waals surface area contributed by atoms with E-state index >= 15 is 0 Å². The van der Waals surface area contributed by atoms with Gasteiger partial charge < -0.3 is 15.3 Å². The Bertz CT molecular complexity index is 656. The lowest BCUT2D eigenvalue weighted by Crippen LogP contribution is -2.51. The predicted molar refractivity (Wildman–Crippen MR) is 81.5 cm³/mol. The van der Waals surface area contributed by atoms with Crippen molar-refractivity contribution in [3.05, 3.63) is 29.3 Å². The molecule has 1 heterocycles. The zero-order chi connectivity index (χ0) is 17.3. The number of phenols is 1. The number of carbonyl (C=O) groups excluding carboxylic acids is 2. The van der Waals surface area contributed by atoms with E-state index in [0.29, 0.717) is 19.1 Å². The molecule has 0 unspecified atom stereocenters. The molecule has 0 spiro atoms. The Hall–Kier alpha value is -2.22. The lowest BCUT2D eigenvalue weighted by molar-refractivity contribution is -0.122. The fraction of sp³-hybridized carbons (Fsp3) is 0.500. The molecule has 1 aliphatic carbocycles. The first-order chi connectivity index (χ1) is 11.5. The van der Waals surface area contributed by atoms with Crippen LogP contribution in [0.3, 0.4) is 0 Å². The number of nitrogens with one attached hydrogen (secondary N) is 1. The number of carbonyl (C=O) groups is 2. The molecule has 8 heteroatoms. The summed E-state index contributed by atoms with van der Waals surface area (Å²) in [6.07, 6.45) is 2.05. The summed E-state index contributed by atoms with van der Waals surface area (Å²) < 4.78 is 27.6. The Morgan fingerprint density at radius 3 is 2.46 bits per heavy atom. The van der Waals surface area contributed by atoms with E-state index in [1.54, 1.807) is 0 Å². The summed E-state index contributed by atoms with van der Waals surface area (Å²) in [6, 6.07) is 2.04. The van der Waals surface area contributed by atoms with Gasteiger partial charge in [-0.25, -0.2) is 8.78 Å². The van der Waals surface area contributed by atoms with Crippen LogP contribution in [-0.2, 0) is 4.79 Å². The molecule has 6 nitrogen and oxygen atoms in total. The Morgan fingerprint density at radius 2 is 1.83 bits per heavy atom. The molecular weight excluding hydrogens is 320 g/mol. The number of aromatic hydroxyl groups is 1. The van der Waals surface area contributed by atoms with Crippen LogP contribution < -0.4 is 5.32 Å². The average Bonchev–Trinajstić information content (AvgIpc) is 3.35. The second-order valence-electron chi connectivity index (χ2n) is 6.17. The summed E-state index contributed by atoms with van der Waals surface area (Å²) in [5, 5.41) is 12.2. The minimum atomic E-state index is -1.24. The normalized spacial score (nSPS) is 18.5. The van der Waals surface area contributed by atoms with Gasteiger partial charge >= 0.3 is 0 Å². The van der Waals surface area contributed by atoms with Crippen molar-refractivity contribution in [3.8, 4) is 5.75 Å². The number of amides is 2. The molecule has 2 fully saturated rings. The van der Waals surface area contributed by atoms with Crippen molar-refractivity contribution in [2.45, 2.75) is 18.9 Å². The highest BCUT2D eigenvalue weighted by molar-refractivity contribution is 5.95. The molecule has 2 N–H and O–H groups in total. The van der Waals surface area contributed by atoms with E-state index < -0.39 is 28.9 Å². The molecular formula is C16H19F2N3O3. The van der Waals surface area contributed by atoms with Gasteiger partial charge in [-0.1, -0.05) is 0 Å². The van der Waals surface area contributed by atoms with Crippen molar-refractivity contribution in [1.82, 2.24) is 15.1 Å². The summed E-state index contributed by atoms with van der Waals surface area (Å²) in [7, 11) is 0. The monoisotopic (exact) mass is 339 g/mol. The van der Waals surface area contributed by atoms with Crippen molar-refractivity contribution >= 4 is 11.8 Å². The van der Waals surface area contributed by atoms with E-state index in [0.717, 1.165) is 25.0 Å². The second-order valence-corrected chi connectivity index (χ2v) is 6.17. The molecule has 0 radical (unpaired) electrons. The first-order valence-corrected chi connectivity index (χ1v) is 7.93. The van der Waals surface area contributed by atoms with Gasteiger partial charge in [0.1, 0.15) is 11.4 Å². The zero-order valence-electron chi connectivity index (χ0n) is 13.1. The molecule has 0 aromatic heterocycles. The van der Waals surface area contributed by atoms with Crippen LogP contribution in [0.25, 0.3) is 0 Å². The molecule has 1 saturated carbocycles. The van der Waals surface area contributed by atoms with E-state index in [9.17, 15) is 23.5 Å². The lowest BCUT2D eigenvalue weighted by Gasteiger charge is -2.34. The van der Waals surface area contributed by atoms with Crippen molar-refractivity contribution in [1.29, 1.82) is 0 Å². The Balaban J connectivity index is 1.57. The smallest absolute Gasteiger partial charge is 0.260 e. The van der Waals surface area contributed by atoms with Gasteiger partial charge in [-0.2, -0.15) is 0 Å². The third-order valence-corrected chi connectivity index (χ3v) is 4.25. The van der Waals surface area contributed by atoms with E-state index in [1.165, 1.54) is 4.90 Å². The van der Waals surface area contributed by atoms with E-state index in [2.05, 4.69) is 5.32 Å². The van der Waals surface area contributed by atoms with Crippen molar-refractivity contribution < 1.29 is 23.5 Å². The maximum atomic E-state index is 13.8. The van der Waals surface area contributed by atoms with Crippen LogP contribution in [0.15, 0.2) is 12.1 Å². The van der Waals surface area contributed by atoms with Crippen molar-refractivity contribution in [2.75, 3.05) is 32.7 Å². The maximum absolute atomic E-state index is 13.8. The first kappa shape index (κ1) is 16.6. The summed E-state index contributed by atoms with van der Waals surface area (Å²) in [4.78, 5) is 27.3. The van der Waals surface area contributed by atoms with Crippen LogP contribution in [0.1, 0.15) is 23.2 Å². The molecule has 3 rings (SSSR count). The van der Waals surface area contributed by atoms with Gasteiger partial charge in [0.05, 0.1) is 6.54 Å². The van der Waals surface area contributed by atoms with E-state index in [-0.39, 0.29) is 25.5 Å². The van der Waals surface area contributed by atoms with Gasteiger partial charge in [0.2, 0.25) is 5.91 Å². The summed E-state index contributed by atoms with van der Waals surface area (Å²) in [5.41, 5.74) is -0.741. The molecule has 130 valence electrons. The molecule has 0 atom stereocenters. The highest BCUT2D eigenvalue weighted by Crippen LogP contribution is 2.23. The van der Waals surface area contributed by atoms with Crippen LogP contribution in [0.4, 0.5) is 8.78 Å². The van der Waals surface area contributed by atoms with E-state index in [4.69, 9.17) is 0 Å². The third-order valence-electron chi connectivity index (χ3n) is 4.25. The number of hydrogen-bond acceptors (Lipinski definition) is 4.